The zero-order chi connectivity index (χ0) is 22.8. The number of hydrogen-bond acceptors (Lipinski definition) is 6. The van der Waals surface area contributed by atoms with Crippen LogP contribution in [0.1, 0.15) is 49.7 Å². The number of carbonyl (C=O) groups is 2. The Morgan fingerprint density at radius 2 is 1.88 bits per heavy atom. The first kappa shape index (κ1) is 21.7. The van der Waals surface area contributed by atoms with Gasteiger partial charge in [-0.3, -0.25) is 4.79 Å². The van der Waals surface area contributed by atoms with Crippen molar-refractivity contribution in [3.05, 3.63) is 82.2 Å². The minimum absolute atomic E-state index is 0.00228. The van der Waals surface area contributed by atoms with E-state index < -0.39 is 11.9 Å². The molecule has 0 amide bonds. The van der Waals surface area contributed by atoms with Crippen molar-refractivity contribution in [3.63, 3.8) is 0 Å². The highest BCUT2D eigenvalue weighted by molar-refractivity contribution is 6.04. The second-order valence-electron chi connectivity index (χ2n) is 8.08. The van der Waals surface area contributed by atoms with Gasteiger partial charge in [0.2, 0.25) is 0 Å². The maximum Gasteiger partial charge on any atom is 0.336 e. The van der Waals surface area contributed by atoms with Crippen LogP contribution in [-0.4, -0.2) is 30.6 Å². The van der Waals surface area contributed by atoms with Crippen LogP contribution < -0.4 is 10.1 Å². The zero-order valence-corrected chi connectivity index (χ0v) is 18.5. The Bertz CT molecular complexity index is 1120. The van der Waals surface area contributed by atoms with Crippen molar-refractivity contribution in [1.82, 2.24) is 5.32 Å². The number of ether oxygens (including phenoxy) is 2. The number of allylic oxidation sites excluding steroid dienone is 3. The van der Waals surface area contributed by atoms with Crippen LogP contribution in [0.15, 0.2) is 71.1 Å². The molecule has 0 radical (unpaired) electrons. The molecule has 0 fully saturated rings. The molecule has 2 N–H and O–H groups in total. The number of Topliss-reactive ketones (excluding diaryl/α,β-unsaturated/α-hetero) is 1. The average molecular weight is 434 g/mol. The minimum Gasteiger partial charge on any atom is -0.504 e. The van der Waals surface area contributed by atoms with Crippen molar-refractivity contribution in [3.8, 4) is 11.5 Å². The lowest BCUT2D eigenvalue weighted by Gasteiger charge is -2.36. The number of aromatic hydroxyl groups is 1. The van der Waals surface area contributed by atoms with Crippen molar-refractivity contribution in [2.24, 2.45) is 0 Å². The SMILES string of the molecule is CCOc1cc([C@H]2C(C(=O)OC)=C(C)NC3=C2C(=O)C[C@@H](c2ccccc2)C3)ccc1O. The van der Waals surface area contributed by atoms with Crippen molar-refractivity contribution in [1.29, 1.82) is 0 Å². The highest BCUT2D eigenvalue weighted by Gasteiger charge is 2.41. The van der Waals surface area contributed by atoms with E-state index in [-0.39, 0.29) is 17.5 Å². The van der Waals surface area contributed by atoms with E-state index in [0.717, 1.165) is 11.3 Å². The van der Waals surface area contributed by atoms with E-state index in [1.807, 2.05) is 44.2 Å². The normalized spacial score (nSPS) is 20.5. The van der Waals surface area contributed by atoms with Gasteiger partial charge in [0.15, 0.2) is 17.3 Å². The summed E-state index contributed by atoms with van der Waals surface area (Å²) in [6, 6.07) is 15.0. The van der Waals surface area contributed by atoms with Crippen molar-refractivity contribution in [2.45, 2.75) is 38.5 Å². The predicted molar refractivity (Wildman–Crippen MR) is 120 cm³/mol. The lowest BCUT2D eigenvalue weighted by atomic mass is 9.71. The van der Waals surface area contributed by atoms with Gasteiger partial charge in [0.1, 0.15) is 0 Å². The molecule has 2 aromatic rings. The van der Waals surface area contributed by atoms with Crippen LogP contribution in [0.5, 0.6) is 11.5 Å². The molecule has 2 atom stereocenters. The highest BCUT2D eigenvalue weighted by Crippen LogP contribution is 2.46. The molecule has 166 valence electrons. The summed E-state index contributed by atoms with van der Waals surface area (Å²) in [7, 11) is 1.33. The number of nitrogens with one attached hydrogen (secondary N) is 1. The van der Waals surface area contributed by atoms with Gasteiger partial charge in [-0.1, -0.05) is 36.4 Å². The van der Waals surface area contributed by atoms with E-state index in [1.54, 1.807) is 12.1 Å². The summed E-state index contributed by atoms with van der Waals surface area (Å²) >= 11 is 0. The number of esters is 1. The maximum atomic E-state index is 13.5. The smallest absolute Gasteiger partial charge is 0.336 e. The molecule has 1 aliphatic heterocycles. The number of phenols is 1. The second-order valence-corrected chi connectivity index (χ2v) is 8.08. The van der Waals surface area contributed by atoms with Crippen LogP contribution in [0.2, 0.25) is 0 Å². The van der Waals surface area contributed by atoms with Crippen LogP contribution in [-0.2, 0) is 14.3 Å². The van der Waals surface area contributed by atoms with Crippen LogP contribution in [0, 0.1) is 0 Å². The molecule has 2 aromatic carbocycles. The van der Waals surface area contributed by atoms with Gasteiger partial charge in [-0.15, -0.1) is 0 Å². The molecule has 6 heteroatoms. The van der Waals surface area contributed by atoms with E-state index in [9.17, 15) is 14.7 Å². The van der Waals surface area contributed by atoms with E-state index in [0.29, 0.717) is 47.6 Å². The quantitative estimate of drug-likeness (QED) is 0.683. The molecule has 0 spiro atoms. The van der Waals surface area contributed by atoms with E-state index in [2.05, 4.69) is 5.32 Å². The molecule has 2 aliphatic rings. The van der Waals surface area contributed by atoms with Crippen LogP contribution in [0.25, 0.3) is 0 Å². The molecule has 4 rings (SSSR count). The largest absolute Gasteiger partial charge is 0.504 e. The molecule has 1 heterocycles. The molecule has 0 unspecified atom stereocenters. The summed E-state index contributed by atoms with van der Waals surface area (Å²) in [5.74, 6) is -0.686. The van der Waals surface area contributed by atoms with Gasteiger partial charge in [0, 0.05) is 29.3 Å². The van der Waals surface area contributed by atoms with Crippen molar-refractivity contribution >= 4 is 11.8 Å². The third kappa shape index (κ3) is 3.88. The number of ketones is 1. The van der Waals surface area contributed by atoms with E-state index >= 15 is 0 Å². The summed E-state index contributed by atoms with van der Waals surface area (Å²) in [5, 5.41) is 13.5. The Kier molecular flexibility index (Phi) is 6.04. The molecule has 0 saturated heterocycles. The lowest BCUT2D eigenvalue weighted by Crippen LogP contribution is -2.36. The van der Waals surface area contributed by atoms with Crippen LogP contribution >= 0.6 is 0 Å². The predicted octanol–water partition coefficient (Wildman–Crippen LogP) is 4.33. The number of carbonyl (C=O) groups excluding carboxylic acids is 2. The fourth-order valence-corrected chi connectivity index (χ4v) is 4.70. The highest BCUT2D eigenvalue weighted by atomic mass is 16.5. The molecule has 32 heavy (non-hydrogen) atoms. The van der Waals surface area contributed by atoms with Gasteiger partial charge in [0.05, 0.1) is 19.3 Å². The third-order valence-corrected chi connectivity index (χ3v) is 6.12. The fraction of sp³-hybridized carbons (Fsp3) is 0.308. The van der Waals surface area contributed by atoms with E-state index in [4.69, 9.17) is 9.47 Å². The lowest BCUT2D eigenvalue weighted by molar-refractivity contribution is -0.136. The van der Waals surface area contributed by atoms with Gasteiger partial charge in [-0.25, -0.2) is 4.79 Å². The van der Waals surface area contributed by atoms with Crippen LogP contribution in [0.3, 0.4) is 0 Å². The first-order valence-electron chi connectivity index (χ1n) is 10.8. The first-order chi connectivity index (χ1) is 15.4. The number of benzene rings is 2. The van der Waals surface area contributed by atoms with Gasteiger partial charge in [0.25, 0.3) is 0 Å². The molecule has 0 bridgehead atoms. The monoisotopic (exact) mass is 433 g/mol. The Hall–Kier alpha value is -3.54. The number of phenolic OH excluding ortho intramolecular Hbond substituents is 1. The number of dihydropyridines is 1. The standard InChI is InChI=1S/C26H27NO5/c1-4-32-22-14-17(10-11-20(22)28)24-23(26(30)31-3)15(2)27-19-12-18(13-21(29)25(19)24)16-8-6-5-7-9-16/h5-11,14,18,24,27-28H,4,12-13H2,1-3H3/t18-,24-/m0/s1. The summed E-state index contributed by atoms with van der Waals surface area (Å²) in [6.45, 7) is 4.03. The summed E-state index contributed by atoms with van der Waals surface area (Å²) in [4.78, 5) is 26.3. The van der Waals surface area contributed by atoms with E-state index in [1.165, 1.54) is 13.2 Å². The number of hydrogen-bond donors (Lipinski definition) is 2. The minimum atomic E-state index is -0.595. The first-order valence-corrected chi connectivity index (χ1v) is 10.8. The average Bonchev–Trinajstić information content (AvgIpc) is 2.79. The molecule has 0 saturated carbocycles. The summed E-state index contributed by atoms with van der Waals surface area (Å²) in [5.41, 5.74) is 4.28. The molecule has 0 aromatic heterocycles. The summed E-state index contributed by atoms with van der Waals surface area (Å²) < 4.78 is 10.6. The third-order valence-electron chi connectivity index (χ3n) is 6.12. The Morgan fingerprint density at radius 3 is 2.56 bits per heavy atom. The fourth-order valence-electron chi connectivity index (χ4n) is 4.70. The topological polar surface area (TPSA) is 84.9 Å². The summed E-state index contributed by atoms with van der Waals surface area (Å²) in [6.07, 6.45) is 1.04. The van der Waals surface area contributed by atoms with Gasteiger partial charge >= 0.3 is 5.97 Å². The Labute approximate surface area is 187 Å². The second kappa shape index (κ2) is 8.91. The Balaban J connectivity index is 1.83. The molecular weight excluding hydrogens is 406 g/mol. The zero-order valence-electron chi connectivity index (χ0n) is 18.5. The Morgan fingerprint density at radius 1 is 1.12 bits per heavy atom. The number of rotatable bonds is 5. The maximum absolute atomic E-state index is 13.5. The molecule has 6 nitrogen and oxygen atoms in total. The van der Waals surface area contributed by atoms with Crippen molar-refractivity contribution < 1.29 is 24.2 Å². The van der Waals surface area contributed by atoms with Gasteiger partial charge < -0.3 is 19.9 Å². The van der Waals surface area contributed by atoms with Crippen LogP contribution in [0.4, 0.5) is 0 Å². The number of methoxy groups -OCH3 is 1. The molecule has 1 aliphatic carbocycles. The van der Waals surface area contributed by atoms with Crippen molar-refractivity contribution in [2.75, 3.05) is 13.7 Å². The van der Waals surface area contributed by atoms with Gasteiger partial charge in [-0.05, 0) is 49.4 Å². The molecular formula is C26H27NO5. The van der Waals surface area contributed by atoms with Gasteiger partial charge in [-0.2, -0.15) is 0 Å².